The molecular formula is C14H25NO4. The first-order valence-electron chi connectivity index (χ1n) is 6.86. The van der Waals surface area contributed by atoms with E-state index in [-0.39, 0.29) is 11.8 Å². The van der Waals surface area contributed by atoms with E-state index in [1.54, 1.807) is 20.8 Å². The Bertz CT molecular complexity index is 346. The van der Waals surface area contributed by atoms with Crippen LogP contribution >= 0.6 is 0 Å². The van der Waals surface area contributed by atoms with E-state index in [0.717, 1.165) is 12.8 Å². The van der Waals surface area contributed by atoms with Crippen LogP contribution in [0.2, 0.25) is 0 Å². The van der Waals surface area contributed by atoms with E-state index in [1.165, 1.54) is 4.90 Å². The predicted octanol–water partition coefficient (Wildman–Crippen LogP) is 2.74. The molecule has 0 aromatic carbocycles. The molecule has 0 radical (unpaired) electrons. The van der Waals surface area contributed by atoms with E-state index in [9.17, 15) is 14.7 Å². The highest BCUT2D eigenvalue weighted by atomic mass is 16.6. The fourth-order valence-corrected chi connectivity index (χ4v) is 2.57. The van der Waals surface area contributed by atoms with Crippen LogP contribution in [-0.4, -0.2) is 40.3 Å². The summed E-state index contributed by atoms with van der Waals surface area (Å²) in [6, 6.07) is -0.774. The summed E-state index contributed by atoms with van der Waals surface area (Å²) in [6.45, 7) is 9.80. The minimum Gasteiger partial charge on any atom is -0.480 e. The summed E-state index contributed by atoms with van der Waals surface area (Å²) in [5.41, 5.74) is -0.606. The van der Waals surface area contributed by atoms with E-state index in [0.29, 0.717) is 6.54 Å². The molecule has 0 aromatic heterocycles. The molecule has 1 fully saturated rings. The summed E-state index contributed by atoms with van der Waals surface area (Å²) in [7, 11) is 0. The van der Waals surface area contributed by atoms with Crippen molar-refractivity contribution >= 4 is 12.1 Å². The summed E-state index contributed by atoms with van der Waals surface area (Å²) in [4.78, 5) is 25.0. The summed E-state index contributed by atoms with van der Waals surface area (Å²) in [5, 5.41) is 9.43. The molecule has 19 heavy (non-hydrogen) atoms. The third-order valence-electron chi connectivity index (χ3n) is 3.42. The van der Waals surface area contributed by atoms with Crippen molar-refractivity contribution in [3.05, 3.63) is 0 Å². The van der Waals surface area contributed by atoms with Crippen molar-refractivity contribution in [2.45, 2.75) is 59.1 Å². The fourth-order valence-electron chi connectivity index (χ4n) is 2.57. The average molecular weight is 271 g/mol. The first-order chi connectivity index (χ1) is 8.63. The number of aliphatic carboxylic acids is 1. The highest BCUT2D eigenvalue weighted by Gasteiger charge is 2.42. The van der Waals surface area contributed by atoms with Gasteiger partial charge >= 0.3 is 12.1 Å². The topological polar surface area (TPSA) is 66.8 Å². The Morgan fingerprint density at radius 1 is 1.32 bits per heavy atom. The normalized spacial score (nSPS) is 24.4. The van der Waals surface area contributed by atoms with E-state index >= 15 is 0 Å². The maximum absolute atomic E-state index is 12.1. The Balaban J connectivity index is 2.90. The van der Waals surface area contributed by atoms with Crippen LogP contribution in [0.5, 0.6) is 0 Å². The molecule has 0 aromatic rings. The van der Waals surface area contributed by atoms with Crippen LogP contribution in [-0.2, 0) is 9.53 Å². The van der Waals surface area contributed by atoms with Crippen molar-refractivity contribution in [3.8, 4) is 0 Å². The monoisotopic (exact) mass is 271 g/mol. The Labute approximate surface area is 114 Å². The van der Waals surface area contributed by atoms with E-state index in [1.807, 2.05) is 13.8 Å². The maximum Gasteiger partial charge on any atom is 0.411 e. The molecule has 2 atom stereocenters. The minimum atomic E-state index is -0.941. The zero-order valence-corrected chi connectivity index (χ0v) is 12.5. The van der Waals surface area contributed by atoms with E-state index in [2.05, 4.69) is 0 Å². The molecule has 0 bridgehead atoms. The molecule has 0 aliphatic carbocycles. The smallest absolute Gasteiger partial charge is 0.411 e. The number of hydrogen-bond acceptors (Lipinski definition) is 3. The number of amides is 1. The number of piperidine rings is 1. The van der Waals surface area contributed by atoms with Gasteiger partial charge in [-0.15, -0.1) is 0 Å². The summed E-state index contributed by atoms with van der Waals surface area (Å²) in [6.07, 6.45) is 1.14. The van der Waals surface area contributed by atoms with Gasteiger partial charge in [-0.2, -0.15) is 0 Å². The van der Waals surface area contributed by atoms with Crippen LogP contribution in [0.4, 0.5) is 4.79 Å². The molecule has 0 unspecified atom stereocenters. The molecule has 110 valence electrons. The second kappa shape index (κ2) is 5.80. The fraction of sp³-hybridized carbons (Fsp3) is 0.857. The zero-order valence-electron chi connectivity index (χ0n) is 12.5. The van der Waals surface area contributed by atoms with Gasteiger partial charge in [0.15, 0.2) is 0 Å². The highest BCUT2D eigenvalue weighted by molar-refractivity contribution is 5.80. The van der Waals surface area contributed by atoms with Gasteiger partial charge in [0, 0.05) is 6.54 Å². The number of nitrogens with zero attached hydrogens (tertiary/aromatic N) is 1. The number of carboxylic acid groups (broad SMARTS) is 1. The lowest BCUT2D eigenvalue weighted by Crippen LogP contribution is -2.54. The van der Waals surface area contributed by atoms with Crippen LogP contribution in [0.1, 0.15) is 47.5 Å². The van der Waals surface area contributed by atoms with Crippen LogP contribution < -0.4 is 0 Å². The van der Waals surface area contributed by atoms with E-state index < -0.39 is 23.7 Å². The Kier molecular flexibility index (Phi) is 4.82. The SMILES string of the molecule is CC(C)[C@H]1CCCN(C(=O)OC(C)(C)C)[C@@H]1C(=O)O. The van der Waals surface area contributed by atoms with Crippen LogP contribution in [0, 0.1) is 11.8 Å². The second-order valence-corrected chi connectivity index (χ2v) is 6.51. The Hall–Kier alpha value is -1.26. The summed E-state index contributed by atoms with van der Waals surface area (Å²) in [5.74, 6) is -0.727. The summed E-state index contributed by atoms with van der Waals surface area (Å²) < 4.78 is 5.31. The average Bonchev–Trinajstić information content (AvgIpc) is 2.25. The van der Waals surface area contributed by atoms with Gasteiger partial charge in [0.25, 0.3) is 0 Å². The molecular weight excluding hydrogens is 246 g/mol. The number of likely N-dealkylation sites (tertiary alicyclic amines) is 1. The number of carbonyl (C=O) groups is 2. The number of carboxylic acids is 1. The largest absolute Gasteiger partial charge is 0.480 e. The third-order valence-corrected chi connectivity index (χ3v) is 3.42. The van der Waals surface area contributed by atoms with Gasteiger partial charge in [-0.05, 0) is 45.4 Å². The Morgan fingerprint density at radius 3 is 2.32 bits per heavy atom. The maximum atomic E-state index is 12.1. The third kappa shape index (κ3) is 4.11. The van der Waals surface area contributed by atoms with Gasteiger partial charge in [0.2, 0.25) is 0 Å². The minimum absolute atomic E-state index is 0.0150. The predicted molar refractivity (Wildman–Crippen MR) is 71.9 cm³/mol. The molecule has 5 nitrogen and oxygen atoms in total. The molecule has 1 amide bonds. The van der Waals surface area contributed by atoms with Crippen LogP contribution in [0.25, 0.3) is 0 Å². The Morgan fingerprint density at radius 2 is 1.89 bits per heavy atom. The van der Waals surface area contributed by atoms with Crippen molar-refractivity contribution in [1.82, 2.24) is 4.90 Å². The number of carbonyl (C=O) groups excluding carboxylic acids is 1. The van der Waals surface area contributed by atoms with Crippen molar-refractivity contribution in [3.63, 3.8) is 0 Å². The highest BCUT2D eigenvalue weighted by Crippen LogP contribution is 2.31. The lowest BCUT2D eigenvalue weighted by molar-refractivity contribution is -0.147. The summed E-state index contributed by atoms with van der Waals surface area (Å²) >= 11 is 0. The van der Waals surface area contributed by atoms with E-state index in [4.69, 9.17) is 4.74 Å². The van der Waals surface area contributed by atoms with Crippen LogP contribution in [0.3, 0.4) is 0 Å². The van der Waals surface area contributed by atoms with Gasteiger partial charge < -0.3 is 9.84 Å². The number of ether oxygens (including phenoxy) is 1. The lowest BCUT2D eigenvalue weighted by atomic mass is 9.81. The molecule has 1 aliphatic rings. The van der Waals surface area contributed by atoms with Crippen molar-refractivity contribution in [2.75, 3.05) is 6.54 Å². The quantitative estimate of drug-likeness (QED) is 0.838. The van der Waals surface area contributed by atoms with Crippen molar-refractivity contribution < 1.29 is 19.4 Å². The zero-order chi connectivity index (χ0) is 14.8. The van der Waals surface area contributed by atoms with Gasteiger partial charge in [0.05, 0.1) is 0 Å². The molecule has 1 heterocycles. The number of rotatable bonds is 2. The van der Waals surface area contributed by atoms with Gasteiger partial charge in [-0.25, -0.2) is 9.59 Å². The molecule has 1 saturated heterocycles. The van der Waals surface area contributed by atoms with Crippen LogP contribution in [0.15, 0.2) is 0 Å². The van der Waals surface area contributed by atoms with Gasteiger partial charge in [-0.1, -0.05) is 13.8 Å². The molecule has 1 N–H and O–H groups in total. The van der Waals surface area contributed by atoms with Gasteiger partial charge in [-0.3, -0.25) is 4.90 Å². The van der Waals surface area contributed by atoms with Crippen molar-refractivity contribution in [2.24, 2.45) is 11.8 Å². The van der Waals surface area contributed by atoms with Crippen molar-refractivity contribution in [1.29, 1.82) is 0 Å². The molecule has 0 saturated carbocycles. The van der Waals surface area contributed by atoms with Gasteiger partial charge in [0.1, 0.15) is 11.6 Å². The standard InChI is InChI=1S/C14H25NO4/c1-9(2)10-7-6-8-15(11(10)12(16)17)13(18)19-14(3,4)5/h9-11H,6-8H2,1-5H3,(H,16,17)/t10-,11+/m1/s1. The number of hydrogen-bond donors (Lipinski definition) is 1. The first kappa shape index (κ1) is 15.8. The molecule has 1 rings (SSSR count). The second-order valence-electron chi connectivity index (χ2n) is 6.51. The lowest BCUT2D eigenvalue weighted by Gasteiger charge is -2.40. The molecule has 1 aliphatic heterocycles. The molecule has 0 spiro atoms. The molecule has 5 heteroatoms. The first-order valence-corrected chi connectivity index (χ1v) is 6.86.